The second-order valence-corrected chi connectivity index (χ2v) is 13.7. The van der Waals surface area contributed by atoms with Crippen LogP contribution in [0.2, 0.25) is 0 Å². The molecule has 0 aromatic heterocycles. The lowest BCUT2D eigenvalue weighted by Gasteiger charge is -2.22. The maximum absolute atomic E-state index is 12.0. The number of hydrogen-bond donors (Lipinski definition) is 2. The highest BCUT2D eigenvalue weighted by Crippen LogP contribution is 2.52. The van der Waals surface area contributed by atoms with Crippen molar-refractivity contribution in [3.8, 4) is 11.5 Å². The molecule has 2 aromatic carbocycles. The van der Waals surface area contributed by atoms with Crippen LogP contribution in [0.4, 0.5) is 0 Å². The van der Waals surface area contributed by atoms with E-state index in [1.807, 2.05) is 0 Å². The summed E-state index contributed by atoms with van der Waals surface area (Å²) >= 11 is 2.76. The summed E-state index contributed by atoms with van der Waals surface area (Å²) in [5, 5.41) is 20.4. The molecule has 40 heavy (non-hydrogen) atoms. The van der Waals surface area contributed by atoms with Crippen LogP contribution in [0.15, 0.2) is 21.9 Å². The van der Waals surface area contributed by atoms with Crippen molar-refractivity contribution in [3.05, 3.63) is 23.3 Å². The van der Waals surface area contributed by atoms with Gasteiger partial charge in [0.25, 0.3) is 0 Å². The lowest BCUT2D eigenvalue weighted by Crippen LogP contribution is -2.16. The van der Waals surface area contributed by atoms with Gasteiger partial charge in [-0.25, -0.2) is 0 Å². The molecule has 6 nitrogen and oxygen atoms in total. The van der Waals surface area contributed by atoms with Gasteiger partial charge in [-0.05, 0) is 49.7 Å². The summed E-state index contributed by atoms with van der Waals surface area (Å²) in [6.07, 6.45) is 9.67. The number of aliphatic carboxylic acids is 2. The minimum absolute atomic E-state index is 0.416. The molecule has 220 valence electrons. The first-order valence-corrected chi connectivity index (χ1v) is 16.8. The van der Waals surface area contributed by atoms with E-state index in [2.05, 4.69) is 39.8 Å². The molecule has 0 saturated carbocycles. The van der Waals surface area contributed by atoms with E-state index in [4.69, 9.17) is 9.47 Å². The van der Waals surface area contributed by atoms with E-state index in [0.717, 1.165) is 94.6 Å². The van der Waals surface area contributed by atoms with Crippen LogP contribution in [-0.2, 0) is 22.4 Å². The Hall–Kier alpha value is -2.06. The Morgan fingerprint density at radius 1 is 0.775 bits per heavy atom. The molecule has 2 aliphatic heterocycles. The molecule has 0 bridgehead atoms. The van der Waals surface area contributed by atoms with Crippen molar-refractivity contribution in [2.75, 3.05) is 13.2 Å². The standard InChI is InChI=1S/C32H44O6S2/c1-5-9-11-19(7-3)17-37-29-21-13-26-24(16-28(40-26)32(35)36)30(38-18-20(8-4)12-10-6-2)22(21)14-25-23(29)15-27(39-25)31(33)34/h13-14,19-20,27-28H,5-12,15-18H2,1-4H3,(H,33,34)(H,35,36). The number of thioether (sulfide) groups is 2. The van der Waals surface area contributed by atoms with Gasteiger partial charge in [0.1, 0.15) is 22.0 Å². The van der Waals surface area contributed by atoms with Crippen LogP contribution in [0.3, 0.4) is 0 Å². The predicted octanol–water partition coefficient (Wildman–Crippen LogP) is 8.23. The number of ether oxygens (including phenoxy) is 2. The molecular weight excluding hydrogens is 544 g/mol. The lowest BCUT2D eigenvalue weighted by molar-refractivity contribution is -0.137. The number of benzene rings is 2. The largest absolute Gasteiger partial charge is 0.492 e. The van der Waals surface area contributed by atoms with Gasteiger partial charge in [0.2, 0.25) is 0 Å². The first-order chi connectivity index (χ1) is 19.3. The third-order valence-corrected chi connectivity index (χ3v) is 10.9. The van der Waals surface area contributed by atoms with Crippen molar-refractivity contribution in [3.63, 3.8) is 0 Å². The van der Waals surface area contributed by atoms with Crippen molar-refractivity contribution in [1.82, 2.24) is 0 Å². The van der Waals surface area contributed by atoms with Crippen LogP contribution >= 0.6 is 23.5 Å². The maximum Gasteiger partial charge on any atom is 0.317 e. The fourth-order valence-corrected chi connectivity index (χ4v) is 8.00. The minimum Gasteiger partial charge on any atom is -0.492 e. The quantitative estimate of drug-likeness (QED) is 0.203. The van der Waals surface area contributed by atoms with Crippen LogP contribution in [0.25, 0.3) is 10.8 Å². The number of hydrogen-bond acceptors (Lipinski definition) is 6. The number of carbonyl (C=O) groups is 2. The SMILES string of the molecule is CCCCC(CC)COc1c2c(cc3c(OCC(CC)CCCC)c4c(cc13)SC(C(=O)O)C4)SC(C(=O)O)C2. The summed E-state index contributed by atoms with van der Waals surface area (Å²) in [7, 11) is 0. The number of rotatable bonds is 16. The van der Waals surface area contributed by atoms with Crippen molar-refractivity contribution in [2.45, 2.75) is 112 Å². The first-order valence-electron chi connectivity index (χ1n) is 15.0. The van der Waals surface area contributed by atoms with Gasteiger partial charge < -0.3 is 19.7 Å². The molecule has 0 radical (unpaired) electrons. The maximum atomic E-state index is 12.0. The summed E-state index contributed by atoms with van der Waals surface area (Å²) in [4.78, 5) is 25.8. The van der Waals surface area contributed by atoms with Crippen LogP contribution in [0.1, 0.15) is 90.2 Å². The highest BCUT2D eigenvalue weighted by molar-refractivity contribution is 8.01. The fourth-order valence-electron chi connectivity index (χ4n) is 5.68. The summed E-state index contributed by atoms with van der Waals surface area (Å²) in [6, 6.07) is 4.14. The van der Waals surface area contributed by atoms with Gasteiger partial charge in [0, 0.05) is 31.7 Å². The zero-order valence-electron chi connectivity index (χ0n) is 24.3. The van der Waals surface area contributed by atoms with Crippen LogP contribution in [-0.4, -0.2) is 45.9 Å². The van der Waals surface area contributed by atoms with Gasteiger partial charge in [0.15, 0.2) is 0 Å². The summed E-state index contributed by atoms with van der Waals surface area (Å²) in [6.45, 7) is 9.94. The fraction of sp³-hybridized carbons (Fsp3) is 0.625. The average molecular weight is 589 g/mol. The van der Waals surface area contributed by atoms with E-state index in [1.165, 1.54) is 23.5 Å². The van der Waals surface area contributed by atoms with Gasteiger partial charge >= 0.3 is 11.9 Å². The molecule has 2 N–H and O–H groups in total. The number of unbranched alkanes of at least 4 members (excludes halogenated alkanes) is 2. The van der Waals surface area contributed by atoms with E-state index in [1.54, 1.807) is 0 Å². The monoisotopic (exact) mass is 588 g/mol. The first kappa shape index (κ1) is 30.9. The second-order valence-electron chi connectivity index (χ2n) is 11.2. The molecule has 0 spiro atoms. The number of fused-ring (bicyclic) bond motifs is 3. The van der Waals surface area contributed by atoms with E-state index in [9.17, 15) is 19.8 Å². The van der Waals surface area contributed by atoms with Crippen molar-refractivity contribution in [1.29, 1.82) is 0 Å². The molecule has 0 aliphatic carbocycles. The molecule has 4 unspecified atom stereocenters. The average Bonchev–Trinajstić information content (AvgIpc) is 3.57. The number of carboxylic acids is 2. The smallest absolute Gasteiger partial charge is 0.317 e. The van der Waals surface area contributed by atoms with Gasteiger partial charge in [0.05, 0.1) is 13.2 Å². The zero-order valence-corrected chi connectivity index (χ0v) is 25.9. The normalized spacial score (nSPS) is 19.3. The van der Waals surface area contributed by atoms with E-state index in [-0.39, 0.29) is 0 Å². The van der Waals surface area contributed by atoms with Crippen LogP contribution in [0.5, 0.6) is 11.5 Å². The lowest BCUT2D eigenvalue weighted by atomic mass is 9.96. The Labute approximate surface area is 247 Å². The topological polar surface area (TPSA) is 93.1 Å². The highest BCUT2D eigenvalue weighted by Gasteiger charge is 2.36. The van der Waals surface area contributed by atoms with Crippen molar-refractivity contribution < 1.29 is 29.3 Å². The molecule has 0 saturated heterocycles. The molecule has 2 aromatic rings. The van der Waals surface area contributed by atoms with Gasteiger partial charge in [-0.15, -0.1) is 23.5 Å². The van der Waals surface area contributed by atoms with Gasteiger partial charge in [-0.3, -0.25) is 9.59 Å². The Morgan fingerprint density at radius 2 is 1.18 bits per heavy atom. The summed E-state index contributed by atoms with van der Waals surface area (Å²) in [5.74, 6) is 0.731. The third kappa shape index (κ3) is 6.87. The van der Waals surface area contributed by atoms with Crippen molar-refractivity contribution in [2.24, 2.45) is 11.8 Å². The molecular formula is C32H44O6S2. The molecule has 2 aliphatic rings. The molecule has 4 rings (SSSR count). The van der Waals surface area contributed by atoms with E-state index < -0.39 is 22.4 Å². The summed E-state index contributed by atoms with van der Waals surface area (Å²) in [5.41, 5.74) is 1.90. The third-order valence-electron chi connectivity index (χ3n) is 8.35. The van der Waals surface area contributed by atoms with E-state index >= 15 is 0 Å². The Balaban J connectivity index is 1.81. The highest BCUT2D eigenvalue weighted by atomic mass is 32.2. The molecule has 0 fully saturated rings. The Morgan fingerprint density at radius 3 is 1.50 bits per heavy atom. The zero-order chi connectivity index (χ0) is 28.8. The molecule has 4 atom stereocenters. The predicted molar refractivity (Wildman–Crippen MR) is 164 cm³/mol. The van der Waals surface area contributed by atoms with Gasteiger partial charge in [-0.2, -0.15) is 0 Å². The molecule has 8 heteroatoms. The Kier molecular flexibility index (Phi) is 11.0. The minimum atomic E-state index is -0.814. The van der Waals surface area contributed by atoms with Gasteiger partial charge in [-0.1, -0.05) is 66.2 Å². The van der Waals surface area contributed by atoms with Crippen LogP contribution < -0.4 is 9.47 Å². The second kappa shape index (κ2) is 14.2. The Bertz CT molecular complexity index is 1120. The summed E-state index contributed by atoms with van der Waals surface area (Å²) < 4.78 is 13.3. The number of carboxylic acid groups (broad SMARTS) is 2. The molecule has 0 amide bonds. The van der Waals surface area contributed by atoms with Crippen LogP contribution in [0, 0.1) is 11.8 Å². The molecule has 2 heterocycles. The van der Waals surface area contributed by atoms with Crippen molar-refractivity contribution >= 4 is 46.2 Å². The van der Waals surface area contributed by atoms with E-state index in [0.29, 0.717) is 37.9 Å².